The van der Waals surface area contributed by atoms with E-state index in [0.29, 0.717) is 10.7 Å². The zero-order chi connectivity index (χ0) is 13.0. The molecule has 1 aromatic carbocycles. The molecule has 1 aromatic heterocycles. The van der Waals surface area contributed by atoms with Crippen LogP contribution in [0.15, 0.2) is 35.8 Å². The summed E-state index contributed by atoms with van der Waals surface area (Å²) >= 11 is 1.33. The second-order valence-corrected chi connectivity index (χ2v) is 4.61. The Morgan fingerprint density at radius 2 is 2.33 bits per heavy atom. The zero-order valence-electron chi connectivity index (χ0n) is 9.68. The number of amides is 2. The number of benzene rings is 1. The minimum atomic E-state index is -0.360. The van der Waals surface area contributed by atoms with Crippen LogP contribution in [0.5, 0.6) is 0 Å². The Bertz CT molecular complexity index is 530. The normalized spacial score (nSPS) is 11.9. The number of carbonyl (C=O) groups is 1. The molecule has 0 saturated carbocycles. The van der Waals surface area contributed by atoms with Crippen molar-refractivity contribution in [2.45, 2.75) is 13.0 Å². The minimum Gasteiger partial charge on any atom is -0.331 e. The van der Waals surface area contributed by atoms with Crippen LogP contribution in [-0.4, -0.2) is 11.0 Å². The fourth-order valence-corrected chi connectivity index (χ4v) is 2.00. The minimum absolute atomic E-state index is 0.277. The van der Waals surface area contributed by atoms with Gasteiger partial charge < -0.3 is 5.32 Å². The lowest BCUT2D eigenvalue weighted by atomic mass is 10.1. The second-order valence-electron chi connectivity index (χ2n) is 3.71. The van der Waals surface area contributed by atoms with Crippen molar-refractivity contribution in [2.24, 2.45) is 0 Å². The van der Waals surface area contributed by atoms with Gasteiger partial charge in [0.1, 0.15) is 5.82 Å². The molecule has 0 aliphatic carbocycles. The Labute approximate surface area is 108 Å². The lowest BCUT2D eigenvalue weighted by molar-refractivity contribution is 0.249. The highest BCUT2D eigenvalue weighted by Gasteiger charge is 2.10. The van der Waals surface area contributed by atoms with E-state index in [-0.39, 0.29) is 17.9 Å². The smallest absolute Gasteiger partial charge is 0.321 e. The van der Waals surface area contributed by atoms with Crippen LogP contribution in [-0.2, 0) is 0 Å². The van der Waals surface area contributed by atoms with Crippen molar-refractivity contribution < 1.29 is 9.18 Å². The molecule has 2 amide bonds. The van der Waals surface area contributed by atoms with E-state index in [9.17, 15) is 9.18 Å². The molecule has 0 fully saturated rings. The van der Waals surface area contributed by atoms with E-state index < -0.39 is 0 Å². The van der Waals surface area contributed by atoms with Crippen LogP contribution in [0.3, 0.4) is 0 Å². The van der Waals surface area contributed by atoms with Crippen LogP contribution in [0.2, 0.25) is 0 Å². The Kier molecular flexibility index (Phi) is 3.88. The molecule has 2 aromatic rings. The monoisotopic (exact) mass is 265 g/mol. The summed E-state index contributed by atoms with van der Waals surface area (Å²) in [5.74, 6) is -0.318. The third-order valence-corrected chi connectivity index (χ3v) is 3.04. The van der Waals surface area contributed by atoms with E-state index in [2.05, 4.69) is 15.6 Å². The molecule has 0 aliphatic rings. The van der Waals surface area contributed by atoms with Crippen LogP contribution in [0.25, 0.3) is 0 Å². The first-order valence-corrected chi connectivity index (χ1v) is 6.25. The molecule has 1 atom stereocenters. The number of urea groups is 1. The molecule has 18 heavy (non-hydrogen) atoms. The third kappa shape index (κ3) is 3.27. The summed E-state index contributed by atoms with van der Waals surface area (Å²) < 4.78 is 13.0. The topological polar surface area (TPSA) is 54.0 Å². The maximum Gasteiger partial charge on any atom is 0.321 e. The summed E-state index contributed by atoms with van der Waals surface area (Å²) in [6.45, 7) is 1.79. The molecule has 1 heterocycles. The van der Waals surface area contributed by atoms with Gasteiger partial charge in [-0.15, -0.1) is 11.3 Å². The number of anilines is 1. The first-order valence-electron chi connectivity index (χ1n) is 5.37. The molecule has 6 heteroatoms. The maximum atomic E-state index is 13.0. The fraction of sp³-hybridized carbons (Fsp3) is 0.167. The van der Waals surface area contributed by atoms with E-state index >= 15 is 0 Å². The Morgan fingerprint density at radius 3 is 3.00 bits per heavy atom. The molecule has 0 aliphatic heterocycles. The number of thiazole rings is 1. The van der Waals surface area contributed by atoms with Gasteiger partial charge in [0.15, 0.2) is 5.13 Å². The first-order chi connectivity index (χ1) is 8.65. The van der Waals surface area contributed by atoms with Gasteiger partial charge in [-0.25, -0.2) is 14.2 Å². The molecule has 2 rings (SSSR count). The van der Waals surface area contributed by atoms with Gasteiger partial charge in [0.2, 0.25) is 0 Å². The second kappa shape index (κ2) is 5.59. The summed E-state index contributed by atoms with van der Waals surface area (Å²) in [5, 5.41) is 7.61. The fourth-order valence-electron chi connectivity index (χ4n) is 1.47. The van der Waals surface area contributed by atoms with Gasteiger partial charge in [-0.3, -0.25) is 5.32 Å². The molecule has 2 N–H and O–H groups in total. The molecular formula is C12H12FN3OS. The average Bonchev–Trinajstić information content (AvgIpc) is 2.81. The molecular weight excluding hydrogens is 253 g/mol. The molecule has 0 unspecified atom stereocenters. The number of hydrogen-bond acceptors (Lipinski definition) is 3. The van der Waals surface area contributed by atoms with Crippen molar-refractivity contribution in [1.29, 1.82) is 0 Å². The summed E-state index contributed by atoms with van der Waals surface area (Å²) in [6, 6.07) is 5.50. The lowest BCUT2D eigenvalue weighted by Crippen LogP contribution is -2.31. The molecule has 0 radical (unpaired) electrons. The first kappa shape index (κ1) is 12.5. The number of carbonyl (C=O) groups excluding carboxylic acids is 1. The van der Waals surface area contributed by atoms with E-state index in [1.165, 1.54) is 23.5 Å². The standard InChI is InChI=1S/C12H12FN3OS/c1-8(9-3-2-4-10(13)7-9)15-11(17)16-12-14-5-6-18-12/h2-8H,1H3,(H2,14,15,16,17)/t8-/m1/s1. The lowest BCUT2D eigenvalue weighted by Gasteiger charge is -2.14. The van der Waals surface area contributed by atoms with Gasteiger partial charge in [-0.2, -0.15) is 0 Å². The number of aromatic nitrogens is 1. The van der Waals surface area contributed by atoms with Crippen molar-refractivity contribution in [3.8, 4) is 0 Å². The molecule has 4 nitrogen and oxygen atoms in total. The summed E-state index contributed by atoms with van der Waals surface area (Å²) in [6.07, 6.45) is 1.61. The summed E-state index contributed by atoms with van der Waals surface area (Å²) in [4.78, 5) is 15.6. The highest BCUT2D eigenvalue weighted by molar-refractivity contribution is 7.13. The largest absolute Gasteiger partial charge is 0.331 e. The van der Waals surface area contributed by atoms with Crippen molar-refractivity contribution >= 4 is 22.5 Å². The molecule has 0 spiro atoms. The Morgan fingerprint density at radius 1 is 1.50 bits per heavy atom. The van der Waals surface area contributed by atoms with Gasteiger partial charge in [-0.1, -0.05) is 12.1 Å². The number of hydrogen-bond donors (Lipinski definition) is 2. The van der Waals surface area contributed by atoms with Gasteiger partial charge in [-0.05, 0) is 24.6 Å². The van der Waals surface area contributed by atoms with Gasteiger partial charge in [0.05, 0.1) is 6.04 Å². The number of nitrogens with one attached hydrogen (secondary N) is 2. The highest BCUT2D eigenvalue weighted by Crippen LogP contribution is 2.14. The van der Waals surface area contributed by atoms with E-state index in [1.54, 1.807) is 30.6 Å². The SMILES string of the molecule is C[C@@H](NC(=O)Nc1nccs1)c1cccc(F)c1. The van der Waals surface area contributed by atoms with Gasteiger partial charge in [0, 0.05) is 11.6 Å². The summed E-state index contributed by atoms with van der Waals surface area (Å²) in [7, 11) is 0. The third-order valence-electron chi connectivity index (χ3n) is 2.35. The maximum absolute atomic E-state index is 13.0. The summed E-state index contributed by atoms with van der Waals surface area (Å²) in [5.41, 5.74) is 0.712. The van der Waals surface area contributed by atoms with Crippen LogP contribution in [0.4, 0.5) is 14.3 Å². The van der Waals surface area contributed by atoms with E-state index in [4.69, 9.17) is 0 Å². The predicted molar refractivity (Wildman–Crippen MR) is 69.1 cm³/mol. The van der Waals surface area contributed by atoms with Crippen LogP contribution >= 0.6 is 11.3 Å². The highest BCUT2D eigenvalue weighted by atomic mass is 32.1. The van der Waals surface area contributed by atoms with E-state index in [0.717, 1.165) is 0 Å². The van der Waals surface area contributed by atoms with Crippen molar-refractivity contribution in [3.05, 3.63) is 47.2 Å². The zero-order valence-corrected chi connectivity index (χ0v) is 10.5. The number of rotatable bonds is 3. The van der Waals surface area contributed by atoms with Crippen molar-refractivity contribution in [1.82, 2.24) is 10.3 Å². The quantitative estimate of drug-likeness (QED) is 0.895. The van der Waals surface area contributed by atoms with Crippen molar-refractivity contribution in [3.63, 3.8) is 0 Å². The van der Waals surface area contributed by atoms with Crippen molar-refractivity contribution in [2.75, 3.05) is 5.32 Å². The molecule has 0 bridgehead atoms. The molecule has 0 saturated heterocycles. The number of halogens is 1. The van der Waals surface area contributed by atoms with Gasteiger partial charge >= 0.3 is 6.03 Å². The Balaban J connectivity index is 1.95. The average molecular weight is 265 g/mol. The van der Waals surface area contributed by atoms with Crippen LogP contribution in [0.1, 0.15) is 18.5 Å². The predicted octanol–water partition coefficient (Wildman–Crippen LogP) is 3.16. The van der Waals surface area contributed by atoms with E-state index in [1.807, 2.05) is 0 Å². The van der Waals surface area contributed by atoms with Crippen LogP contribution in [0, 0.1) is 5.82 Å². The molecule has 94 valence electrons. The number of nitrogens with zero attached hydrogens (tertiary/aromatic N) is 1. The van der Waals surface area contributed by atoms with Crippen LogP contribution < -0.4 is 10.6 Å². The van der Waals surface area contributed by atoms with Gasteiger partial charge in [0.25, 0.3) is 0 Å². The Hall–Kier alpha value is -1.95.